The maximum absolute atomic E-state index is 12.5. The van der Waals surface area contributed by atoms with Crippen molar-refractivity contribution in [3.05, 3.63) is 84.8 Å². The second-order valence-corrected chi connectivity index (χ2v) is 8.15. The third-order valence-electron chi connectivity index (χ3n) is 4.34. The largest absolute Gasteiger partial charge is 0.497 e. The summed E-state index contributed by atoms with van der Waals surface area (Å²) in [4.78, 5) is 4.45. The van der Waals surface area contributed by atoms with Gasteiger partial charge in [0.1, 0.15) is 11.5 Å². The number of ether oxygens (including phenoxy) is 2. The summed E-state index contributed by atoms with van der Waals surface area (Å²) in [6, 6.07) is 22.1. The van der Waals surface area contributed by atoms with E-state index in [1.54, 1.807) is 36.4 Å². The Balaban J connectivity index is 1.41. The van der Waals surface area contributed by atoms with Crippen molar-refractivity contribution in [2.24, 2.45) is 0 Å². The van der Waals surface area contributed by atoms with E-state index < -0.39 is 10.0 Å². The van der Waals surface area contributed by atoms with Crippen LogP contribution >= 0.6 is 0 Å². The average Bonchev–Trinajstić information content (AvgIpc) is 3.28. The van der Waals surface area contributed by atoms with E-state index in [0.717, 1.165) is 0 Å². The third kappa shape index (κ3) is 5.01. The molecule has 31 heavy (non-hydrogen) atoms. The van der Waals surface area contributed by atoms with Crippen LogP contribution in [0.3, 0.4) is 0 Å². The lowest BCUT2D eigenvalue weighted by Gasteiger charge is -2.09. The van der Waals surface area contributed by atoms with Crippen molar-refractivity contribution in [3.8, 4) is 22.9 Å². The van der Waals surface area contributed by atoms with Crippen LogP contribution in [0.4, 0.5) is 5.69 Å². The van der Waals surface area contributed by atoms with Crippen LogP contribution in [0, 0.1) is 0 Å². The zero-order valence-electron chi connectivity index (χ0n) is 16.6. The molecule has 0 bridgehead atoms. The molecule has 1 aromatic heterocycles. The van der Waals surface area contributed by atoms with Gasteiger partial charge in [-0.3, -0.25) is 4.72 Å². The van der Waals surface area contributed by atoms with Crippen LogP contribution < -0.4 is 14.2 Å². The van der Waals surface area contributed by atoms with Gasteiger partial charge in [0, 0.05) is 11.3 Å². The molecule has 0 saturated carbocycles. The zero-order valence-corrected chi connectivity index (χ0v) is 17.4. The molecule has 0 aliphatic carbocycles. The van der Waals surface area contributed by atoms with E-state index in [2.05, 4.69) is 14.9 Å². The molecule has 1 heterocycles. The number of rotatable bonds is 8. The van der Waals surface area contributed by atoms with Crippen molar-refractivity contribution in [1.29, 1.82) is 0 Å². The fourth-order valence-electron chi connectivity index (χ4n) is 2.75. The van der Waals surface area contributed by atoms with Crippen LogP contribution in [0.25, 0.3) is 11.4 Å². The SMILES string of the molecule is COc1ccc(S(=O)(=O)Nc2ccc(-c3noc(COc4ccccc4)n3)cc2)cc1. The molecular formula is C22H19N3O5S. The predicted molar refractivity (Wildman–Crippen MR) is 114 cm³/mol. The van der Waals surface area contributed by atoms with Gasteiger partial charge in [0.2, 0.25) is 5.82 Å². The molecule has 1 N–H and O–H groups in total. The number of nitrogens with one attached hydrogen (secondary N) is 1. The Labute approximate surface area is 179 Å². The van der Waals surface area contributed by atoms with E-state index in [1.807, 2.05) is 30.3 Å². The highest BCUT2D eigenvalue weighted by molar-refractivity contribution is 7.92. The van der Waals surface area contributed by atoms with Crippen LogP contribution in [-0.2, 0) is 16.6 Å². The summed E-state index contributed by atoms with van der Waals surface area (Å²) in [5.41, 5.74) is 1.10. The van der Waals surface area contributed by atoms with E-state index in [1.165, 1.54) is 19.2 Å². The quantitative estimate of drug-likeness (QED) is 0.442. The summed E-state index contributed by atoms with van der Waals surface area (Å²) in [6.07, 6.45) is 0. The van der Waals surface area contributed by atoms with Crippen molar-refractivity contribution in [1.82, 2.24) is 10.1 Å². The number of hydrogen-bond donors (Lipinski definition) is 1. The summed E-state index contributed by atoms with van der Waals surface area (Å²) in [5, 5.41) is 3.95. The van der Waals surface area contributed by atoms with Gasteiger partial charge in [-0.1, -0.05) is 23.4 Å². The van der Waals surface area contributed by atoms with Gasteiger partial charge in [0.25, 0.3) is 15.9 Å². The topological polar surface area (TPSA) is 104 Å². The minimum absolute atomic E-state index is 0.138. The Hall–Kier alpha value is -3.85. The molecule has 0 unspecified atom stereocenters. The highest BCUT2D eigenvalue weighted by Crippen LogP contribution is 2.22. The minimum atomic E-state index is -3.72. The molecule has 0 saturated heterocycles. The molecule has 158 valence electrons. The lowest BCUT2D eigenvalue weighted by molar-refractivity contribution is 0.243. The maximum atomic E-state index is 12.5. The highest BCUT2D eigenvalue weighted by atomic mass is 32.2. The van der Waals surface area contributed by atoms with Crippen LogP contribution in [-0.4, -0.2) is 25.7 Å². The Bertz CT molecular complexity index is 1240. The van der Waals surface area contributed by atoms with E-state index in [0.29, 0.717) is 34.5 Å². The van der Waals surface area contributed by atoms with Crippen molar-refractivity contribution >= 4 is 15.7 Å². The number of aromatic nitrogens is 2. The van der Waals surface area contributed by atoms with Crippen molar-refractivity contribution in [2.75, 3.05) is 11.8 Å². The summed E-state index contributed by atoms with van der Waals surface area (Å²) in [6.45, 7) is 0.150. The smallest absolute Gasteiger partial charge is 0.264 e. The summed E-state index contributed by atoms with van der Waals surface area (Å²) in [7, 11) is -2.20. The number of sulfonamides is 1. The molecule has 9 heteroatoms. The molecule has 0 aliphatic heterocycles. The van der Waals surface area contributed by atoms with Gasteiger partial charge in [-0.2, -0.15) is 4.98 Å². The van der Waals surface area contributed by atoms with Gasteiger partial charge in [0.15, 0.2) is 6.61 Å². The fraction of sp³-hybridized carbons (Fsp3) is 0.0909. The molecule has 0 radical (unpaired) electrons. The van der Waals surface area contributed by atoms with Crippen LogP contribution in [0.1, 0.15) is 5.89 Å². The molecule has 0 spiro atoms. The van der Waals surface area contributed by atoms with Crippen molar-refractivity contribution in [2.45, 2.75) is 11.5 Å². The number of hydrogen-bond acceptors (Lipinski definition) is 7. The average molecular weight is 437 g/mol. The summed E-state index contributed by atoms with van der Waals surface area (Å²) in [5.74, 6) is 2.01. The Kier molecular flexibility index (Phi) is 5.85. The van der Waals surface area contributed by atoms with Gasteiger partial charge in [-0.05, 0) is 60.7 Å². The minimum Gasteiger partial charge on any atom is -0.497 e. The van der Waals surface area contributed by atoms with Crippen LogP contribution in [0.15, 0.2) is 88.3 Å². The standard InChI is InChI=1S/C22H19N3O5S/c1-28-18-11-13-20(14-12-18)31(26,27)25-17-9-7-16(8-10-17)22-23-21(30-24-22)15-29-19-5-3-2-4-6-19/h2-14,25H,15H2,1H3. The third-order valence-corrected chi connectivity index (χ3v) is 5.74. The highest BCUT2D eigenvalue weighted by Gasteiger charge is 2.15. The molecular weight excluding hydrogens is 418 g/mol. The Morgan fingerprint density at radius 1 is 0.903 bits per heavy atom. The first-order chi connectivity index (χ1) is 15.0. The predicted octanol–water partition coefficient (Wildman–Crippen LogP) is 4.13. The van der Waals surface area contributed by atoms with Crippen LogP contribution in [0.2, 0.25) is 0 Å². The van der Waals surface area contributed by atoms with Gasteiger partial charge in [0.05, 0.1) is 12.0 Å². The monoisotopic (exact) mass is 437 g/mol. The number of nitrogens with zero attached hydrogens (tertiary/aromatic N) is 2. The van der Waals surface area contributed by atoms with Gasteiger partial charge < -0.3 is 14.0 Å². The van der Waals surface area contributed by atoms with E-state index >= 15 is 0 Å². The Morgan fingerprint density at radius 3 is 2.29 bits per heavy atom. The first-order valence-corrected chi connectivity index (χ1v) is 10.8. The molecule has 4 aromatic rings. The van der Waals surface area contributed by atoms with E-state index in [9.17, 15) is 8.42 Å². The molecule has 0 amide bonds. The second kappa shape index (κ2) is 8.88. The van der Waals surface area contributed by atoms with E-state index in [4.69, 9.17) is 14.0 Å². The summed E-state index contributed by atoms with van der Waals surface area (Å²) >= 11 is 0. The maximum Gasteiger partial charge on any atom is 0.264 e. The molecule has 0 aliphatic rings. The number of anilines is 1. The molecule has 0 atom stereocenters. The lowest BCUT2D eigenvalue weighted by Crippen LogP contribution is -2.12. The zero-order chi connectivity index (χ0) is 21.7. The van der Waals surface area contributed by atoms with Crippen molar-refractivity contribution in [3.63, 3.8) is 0 Å². The van der Waals surface area contributed by atoms with Gasteiger partial charge >= 0.3 is 0 Å². The molecule has 4 rings (SSSR count). The fourth-order valence-corrected chi connectivity index (χ4v) is 3.81. The Morgan fingerprint density at radius 2 is 1.61 bits per heavy atom. The molecule has 3 aromatic carbocycles. The normalized spacial score (nSPS) is 11.1. The van der Waals surface area contributed by atoms with E-state index in [-0.39, 0.29) is 11.5 Å². The number of benzene rings is 3. The van der Waals surface area contributed by atoms with Gasteiger partial charge in [-0.15, -0.1) is 0 Å². The molecule has 8 nitrogen and oxygen atoms in total. The first kappa shape index (κ1) is 20.4. The number of methoxy groups -OCH3 is 1. The van der Waals surface area contributed by atoms with Crippen LogP contribution in [0.5, 0.6) is 11.5 Å². The second-order valence-electron chi connectivity index (χ2n) is 6.47. The lowest BCUT2D eigenvalue weighted by atomic mass is 10.2. The first-order valence-electron chi connectivity index (χ1n) is 9.31. The van der Waals surface area contributed by atoms with Gasteiger partial charge in [-0.25, -0.2) is 8.42 Å². The summed E-state index contributed by atoms with van der Waals surface area (Å²) < 4.78 is 43.5. The number of para-hydroxylation sites is 1. The molecule has 0 fully saturated rings. The van der Waals surface area contributed by atoms with Crippen molar-refractivity contribution < 1.29 is 22.4 Å².